The molecule has 0 aliphatic rings. The Morgan fingerprint density at radius 2 is 1.75 bits per heavy atom. The fourth-order valence-corrected chi connectivity index (χ4v) is 1.13. The molecule has 16 heavy (non-hydrogen) atoms. The van der Waals surface area contributed by atoms with Crippen molar-refractivity contribution in [2.45, 2.75) is 20.8 Å². The fourth-order valence-electron chi connectivity index (χ4n) is 1.03. The van der Waals surface area contributed by atoms with Gasteiger partial charge in [-0.05, 0) is 29.7 Å². The van der Waals surface area contributed by atoms with Gasteiger partial charge in [0.25, 0.3) is 0 Å². The third-order valence-corrected chi connectivity index (χ3v) is 2.78. The second-order valence-corrected chi connectivity index (χ2v) is 5.02. The van der Waals surface area contributed by atoms with E-state index in [0.29, 0.717) is 10.6 Å². The molecular formula is C13H14ClFO. The predicted octanol–water partition coefficient (Wildman–Crippen LogP) is 4.18. The van der Waals surface area contributed by atoms with E-state index in [1.54, 1.807) is 0 Å². The Labute approximate surface area is 99.9 Å². The molecule has 0 heterocycles. The zero-order chi connectivity index (χ0) is 12.3. The number of ketones is 1. The first-order valence-electron chi connectivity index (χ1n) is 4.98. The van der Waals surface area contributed by atoms with Crippen molar-refractivity contribution >= 4 is 17.4 Å². The number of carbonyl (C=O) groups is 1. The largest absolute Gasteiger partial charge is 0.289 e. The van der Waals surface area contributed by atoms with E-state index < -0.39 is 0 Å². The minimum absolute atomic E-state index is 0.208. The van der Waals surface area contributed by atoms with Gasteiger partial charge in [-0.2, -0.15) is 0 Å². The second-order valence-electron chi connectivity index (χ2n) is 4.61. The Bertz CT molecular complexity index is 413. The van der Waals surface area contributed by atoms with E-state index in [1.165, 1.54) is 30.3 Å². The quantitative estimate of drug-likeness (QED) is 0.560. The van der Waals surface area contributed by atoms with Gasteiger partial charge in [-0.15, -0.1) is 0 Å². The molecule has 0 aliphatic heterocycles. The third-order valence-electron chi connectivity index (χ3n) is 2.10. The molecule has 3 heteroatoms. The van der Waals surface area contributed by atoms with Crippen molar-refractivity contribution < 1.29 is 9.18 Å². The van der Waals surface area contributed by atoms with Gasteiger partial charge in [0, 0.05) is 16.7 Å². The highest BCUT2D eigenvalue weighted by atomic mass is 35.5. The number of carbonyl (C=O) groups excluding carboxylic acids is 1. The lowest BCUT2D eigenvalue weighted by Crippen LogP contribution is -2.07. The van der Waals surface area contributed by atoms with Crippen molar-refractivity contribution in [3.63, 3.8) is 0 Å². The molecule has 0 saturated carbocycles. The molecule has 1 aromatic carbocycles. The Hall–Kier alpha value is -1.15. The average molecular weight is 241 g/mol. The lowest BCUT2D eigenvalue weighted by molar-refractivity contribution is 0.104. The van der Waals surface area contributed by atoms with E-state index in [0.717, 1.165) is 0 Å². The van der Waals surface area contributed by atoms with Crippen LogP contribution in [0.1, 0.15) is 31.1 Å². The minimum Gasteiger partial charge on any atom is -0.289 e. The summed E-state index contributed by atoms with van der Waals surface area (Å²) in [6, 6.07) is 5.40. The number of hydrogen-bond acceptors (Lipinski definition) is 1. The summed E-state index contributed by atoms with van der Waals surface area (Å²) in [5.41, 5.74) is 0.181. The lowest BCUT2D eigenvalue weighted by atomic mass is 9.94. The molecule has 0 bridgehead atoms. The molecule has 0 unspecified atom stereocenters. The monoisotopic (exact) mass is 240 g/mol. The molecule has 1 aromatic rings. The summed E-state index contributed by atoms with van der Waals surface area (Å²) >= 11 is 6.00. The number of hydrogen-bond donors (Lipinski definition) is 0. The van der Waals surface area contributed by atoms with E-state index in [9.17, 15) is 9.18 Å². The third kappa shape index (κ3) is 3.46. The lowest BCUT2D eigenvalue weighted by Gasteiger charge is -2.16. The highest BCUT2D eigenvalue weighted by Crippen LogP contribution is 2.28. The molecule has 0 saturated heterocycles. The molecule has 0 fully saturated rings. The van der Waals surface area contributed by atoms with Crippen LogP contribution in [0.3, 0.4) is 0 Å². The zero-order valence-corrected chi connectivity index (χ0v) is 10.3. The van der Waals surface area contributed by atoms with Crippen molar-refractivity contribution in [1.29, 1.82) is 0 Å². The van der Waals surface area contributed by atoms with Gasteiger partial charge in [-0.3, -0.25) is 4.79 Å². The molecule has 0 radical (unpaired) electrons. The van der Waals surface area contributed by atoms with Gasteiger partial charge < -0.3 is 0 Å². The van der Waals surface area contributed by atoms with Crippen LogP contribution in [0.5, 0.6) is 0 Å². The summed E-state index contributed by atoms with van der Waals surface area (Å²) in [7, 11) is 0. The van der Waals surface area contributed by atoms with Gasteiger partial charge in [0.1, 0.15) is 5.82 Å². The summed E-state index contributed by atoms with van der Waals surface area (Å²) in [6.45, 7) is 5.76. The topological polar surface area (TPSA) is 17.1 Å². The van der Waals surface area contributed by atoms with Gasteiger partial charge >= 0.3 is 0 Å². The van der Waals surface area contributed by atoms with Crippen LogP contribution >= 0.6 is 11.6 Å². The highest BCUT2D eigenvalue weighted by molar-refractivity contribution is 6.32. The number of rotatable bonds is 2. The van der Waals surface area contributed by atoms with Crippen LogP contribution in [0.15, 0.2) is 35.4 Å². The van der Waals surface area contributed by atoms with Crippen LogP contribution in [0, 0.1) is 11.2 Å². The van der Waals surface area contributed by atoms with Crippen LogP contribution in [0.25, 0.3) is 0 Å². The second kappa shape index (κ2) is 4.79. The summed E-state index contributed by atoms with van der Waals surface area (Å²) < 4.78 is 12.6. The maximum absolute atomic E-state index is 12.6. The molecule has 0 spiro atoms. The molecule has 0 N–H and O–H groups in total. The Balaban J connectivity index is 2.92. The van der Waals surface area contributed by atoms with Crippen molar-refractivity contribution in [2.75, 3.05) is 0 Å². The molecule has 0 amide bonds. The number of halogens is 2. The molecule has 86 valence electrons. The smallest absolute Gasteiger partial charge is 0.187 e. The standard InChI is InChI=1S/C13H14ClFO/c1-13(2,3)12(14)8-11(16)9-4-6-10(15)7-5-9/h4-8H,1-3H3/b12-8-. The van der Waals surface area contributed by atoms with Crippen LogP contribution in [0.4, 0.5) is 4.39 Å². The molecule has 1 rings (SSSR count). The highest BCUT2D eigenvalue weighted by Gasteiger charge is 2.16. The van der Waals surface area contributed by atoms with Crippen molar-refractivity contribution in [3.05, 3.63) is 46.8 Å². The van der Waals surface area contributed by atoms with Gasteiger partial charge in [-0.1, -0.05) is 32.4 Å². The Morgan fingerprint density at radius 3 is 2.19 bits per heavy atom. The maximum Gasteiger partial charge on any atom is 0.187 e. The average Bonchev–Trinajstić information content (AvgIpc) is 2.17. The summed E-state index contributed by atoms with van der Waals surface area (Å²) in [4.78, 5) is 11.7. The molecule has 1 nitrogen and oxygen atoms in total. The SMILES string of the molecule is CC(C)(C)/C(Cl)=C/C(=O)c1ccc(F)cc1. The predicted molar refractivity (Wildman–Crippen MR) is 64.1 cm³/mol. The van der Waals surface area contributed by atoms with E-state index in [4.69, 9.17) is 11.6 Å². The molecular weight excluding hydrogens is 227 g/mol. The molecule has 0 aromatic heterocycles. The number of benzene rings is 1. The van der Waals surface area contributed by atoms with E-state index in [1.807, 2.05) is 20.8 Å². The van der Waals surface area contributed by atoms with Crippen molar-refractivity contribution in [1.82, 2.24) is 0 Å². The maximum atomic E-state index is 12.6. The normalized spacial score (nSPS) is 12.7. The molecule has 0 atom stereocenters. The van der Waals surface area contributed by atoms with Crippen LogP contribution < -0.4 is 0 Å². The number of allylic oxidation sites excluding steroid dienone is 2. The van der Waals surface area contributed by atoms with Crippen LogP contribution in [0.2, 0.25) is 0 Å². The van der Waals surface area contributed by atoms with Crippen molar-refractivity contribution in [2.24, 2.45) is 5.41 Å². The minimum atomic E-state index is -0.359. The fraction of sp³-hybridized carbons (Fsp3) is 0.308. The Morgan fingerprint density at radius 1 is 1.25 bits per heavy atom. The Kier molecular flexibility index (Phi) is 3.87. The first-order chi connectivity index (χ1) is 7.30. The van der Waals surface area contributed by atoms with Crippen LogP contribution in [-0.2, 0) is 0 Å². The summed E-state index contributed by atoms with van der Waals surface area (Å²) in [5, 5.41) is 0.488. The van der Waals surface area contributed by atoms with E-state index in [-0.39, 0.29) is 17.0 Å². The zero-order valence-electron chi connectivity index (χ0n) is 9.55. The first-order valence-corrected chi connectivity index (χ1v) is 5.36. The summed E-state index contributed by atoms with van der Waals surface area (Å²) in [6.07, 6.45) is 1.38. The summed E-state index contributed by atoms with van der Waals surface area (Å²) in [5.74, 6) is -0.567. The van der Waals surface area contributed by atoms with Gasteiger partial charge in [0.05, 0.1) is 0 Å². The van der Waals surface area contributed by atoms with E-state index >= 15 is 0 Å². The molecule has 0 aliphatic carbocycles. The van der Waals surface area contributed by atoms with Gasteiger partial charge in [0.15, 0.2) is 5.78 Å². The van der Waals surface area contributed by atoms with E-state index in [2.05, 4.69) is 0 Å². The van der Waals surface area contributed by atoms with Gasteiger partial charge in [-0.25, -0.2) is 4.39 Å². The van der Waals surface area contributed by atoms with Crippen LogP contribution in [-0.4, -0.2) is 5.78 Å². The van der Waals surface area contributed by atoms with Crippen molar-refractivity contribution in [3.8, 4) is 0 Å². The van der Waals surface area contributed by atoms with Gasteiger partial charge in [0.2, 0.25) is 0 Å². The first kappa shape index (κ1) is 12.9.